The smallest absolute Gasteiger partial charge is 0.0178 e. The lowest BCUT2D eigenvalue weighted by molar-refractivity contribution is 0.0671. The summed E-state index contributed by atoms with van der Waals surface area (Å²) in [6.07, 6.45) is 11.2. The largest absolute Gasteiger partial charge is 0.298 e. The first-order valence-corrected chi connectivity index (χ1v) is 6.98. The SMILES string of the molecule is CCCCCC(C)(CC)N1CCCCC1. The summed E-state index contributed by atoms with van der Waals surface area (Å²) < 4.78 is 0. The Bertz CT molecular complexity index is 161. The summed E-state index contributed by atoms with van der Waals surface area (Å²) in [7, 11) is 0. The molecule has 1 atom stereocenters. The van der Waals surface area contributed by atoms with Crippen molar-refractivity contribution in [2.24, 2.45) is 0 Å². The predicted octanol–water partition coefficient (Wildman–Crippen LogP) is 4.22. The molecule has 1 aliphatic rings. The van der Waals surface area contributed by atoms with Crippen molar-refractivity contribution in [3.8, 4) is 0 Å². The van der Waals surface area contributed by atoms with E-state index in [1.54, 1.807) is 0 Å². The maximum Gasteiger partial charge on any atom is 0.0178 e. The highest BCUT2D eigenvalue weighted by Crippen LogP contribution is 2.29. The van der Waals surface area contributed by atoms with E-state index in [2.05, 4.69) is 25.7 Å². The Kier molecular flexibility index (Phi) is 5.66. The minimum atomic E-state index is 0.496. The second-order valence-corrected chi connectivity index (χ2v) is 5.36. The van der Waals surface area contributed by atoms with Gasteiger partial charge in [0.25, 0.3) is 0 Å². The lowest BCUT2D eigenvalue weighted by atomic mass is 9.88. The third-order valence-electron chi connectivity index (χ3n) is 4.20. The lowest BCUT2D eigenvalue weighted by Gasteiger charge is -2.43. The molecule has 1 unspecified atom stereocenters. The van der Waals surface area contributed by atoms with Gasteiger partial charge in [0.15, 0.2) is 0 Å². The molecule has 15 heavy (non-hydrogen) atoms. The topological polar surface area (TPSA) is 3.24 Å². The van der Waals surface area contributed by atoms with Gasteiger partial charge in [-0.1, -0.05) is 39.5 Å². The number of hydrogen-bond donors (Lipinski definition) is 0. The second kappa shape index (κ2) is 6.52. The Morgan fingerprint density at radius 1 is 1.00 bits per heavy atom. The van der Waals surface area contributed by atoms with E-state index in [9.17, 15) is 0 Å². The maximum absolute atomic E-state index is 2.76. The van der Waals surface area contributed by atoms with E-state index in [1.807, 2.05) is 0 Å². The van der Waals surface area contributed by atoms with Gasteiger partial charge < -0.3 is 0 Å². The summed E-state index contributed by atoms with van der Waals surface area (Å²) in [6.45, 7) is 9.83. The van der Waals surface area contributed by atoms with Crippen LogP contribution < -0.4 is 0 Å². The minimum absolute atomic E-state index is 0.496. The Morgan fingerprint density at radius 3 is 2.20 bits per heavy atom. The van der Waals surface area contributed by atoms with Crippen molar-refractivity contribution in [2.45, 2.75) is 77.7 Å². The molecule has 0 spiro atoms. The van der Waals surface area contributed by atoms with Crippen LogP contribution >= 0.6 is 0 Å². The molecular weight excluding hydrogens is 182 g/mol. The molecule has 0 amide bonds. The fraction of sp³-hybridized carbons (Fsp3) is 1.00. The first-order chi connectivity index (χ1) is 7.23. The van der Waals surface area contributed by atoms with Crippen LogP contribution in [0.25, 0.3) is 0 Å². The number of rotatable bonds is 6. The van der Waals surface area contributed by atoms with Crippen LogP contribution in [0.5, 0.6) is 0 Å². The Morgan fingerprint density at radius 2 is 1.67 bits per heavy atom. The maximum atomic E-state index is 2.76. The van der Waals surface area contributed by atoms with Gasteiger partial charge in [0, 0.05) is 5.54 Å². The van der Waals surface area contributed by atoms with Gasteiger partial charge in [-0.25, -0.2) is 0 Å². The average Bonchev–Trinajstić information content (AvgIpc) is 2.30. The number of likely N-dealkylation sites (tertiary alicyclic amines) is 1. The van der Waals surface area contributed by atoms with Crippen LogP contribution in [0.4, 0.5) is 0 Å². The highest BCUT2D eigenvalue weighted by atomic mass is 15.2. The van der Waals surface area contributed by atoms with E-state index in [0.29, 0.717) is 5.54 Å². The summed E-state index contributed by atoms with van der Waals surface area (Å²) >= 11 is 0. The van der Waals surface area contributed by atoms with Crippen LogP contribution in [0.1, 0.15) is 72.1 Å². The molecule has 1 fully saturated rings. The van der Waals surface area contributed by atoms with Crippen LogP contribution in [-0.2, 0) is 0 Å². The van der Waals surface area contributed by atoms with Crippen LogP contribution in [0.15, 0.2) is 0 Å². The summed E-state index contributed by atoms with van der Waals surface area (Å²) in [4.78, 5) is 2.76. The van der Waals surface area contributed by atoms with Crippen LogP contribution in [0.2, 0.25) is 0 Å². The van der Waals surface area contributed by atoms with Gasteiger partial charge in [-0.2, -0.15) is 0 Å². The van der Waals surface area contributed by atoms with Crippen molar-refractivity contribution < 1.29 is 0 Å². The Labute approximate surface area is 96.2 Å². The summed E-state index contributed by atoms with van der Waals surface area (Å²) in [6, 6.07) is 0. The van der Waals surface area contributed by atoms with Crippen LogP contribution in [0.3, 0.4) is 0 Å². The Hall–Kier alpha value is -0.0400. The van der Waals surface area contributed by atoms with E-state index in [4.69, 9.17) is 0 Å². The van der Waals surface area contributed by atoms with Gasteiger partial charge in [0.05, 0.1) is 0 Å². The average molecular weight is 211 g/mol. The predicted molar refractivity (Wildman–Crippen MR) is 68.3 cm³/mol. The van der Waals surface area contributed by atoms with Gasteiger partial charge in [-0.3, -0.25) is 4.90 Å². The fourth-order valence-electron chi connectivity index (χ4n) is 2.75. The Balaban J connectivity index is 2.41. The molecule has 1 heterocycles. The van der Waals surface area contributed by atoms with Gasteiger partial charge in [-0.05, 0) is 45.7 Å². The molecule has 1 aliphatic heterocycles. The lowest BCUT2D eigenvalue weighted by Crippen LogP contribution is -2.48. The molecule has 1 heteroatoms. The van der Waals surface area contributed by atoms with Crippen LogP contribution in [0, 0.1) is 0 Å². The third kappa shape index (κ3) is 3.79. The highest BCUT2D eigenvalue weighted by molar-refractivity contribution is 4.86. The molecule has 0 aromatic rings. The van der Waals surface area contributed by atoms with Crippen molar-refractivity contribution in [1.82, 2.24) is 4.90 Å². The minimum Gasteiger partial charge on any atom is -0.298 e. The summed E-state index contributed by atoms with van der Waals surface area (Å²) in [5, 5.41) is 0. The first kappa shape index (κ1) is 13.0. The zero-order valence-electron chi connectivity index (χ0n) is 11.0. The summed E-state index contributed by atoms with van der Waals surface area (Å²) in [5.41, 5.74) is 0.496. The van der Waals surface area contributed by atoms with Gasteiger partial charge in [0.1, 0.15) is 0 Å². The summed E-state index contributed by atoms with van der Waals surface area (Å²) in [5.74, 6) is 0. The fourth-order valence-corrected chi connectivity index (χ4v) is 2.75. The standard InChI is InChI=1S/C14H29N/c1-4-6-8-11-14(3,5-2)15-12-9-7-10-13-15/h4-13H2,1-3H3. The van der Waals surface area contributed by atoms with Crippen molar-refractivity contribution in [3.63, 3.8) is 0 Å². The van der Waals surface area contributed by atoms with E-state index in [-0.39, 0.29) is 0 Å². The number of nitrogens with zero attached hydrogens (tertiary/aromatic N) is 1. The van der Waals surface area contributed by atoms with Gasteiger partial charge in [0.2, 0.25) is 0 Å². The van der Waals surface area contributed by atoms with E-state index >= 15 is 0 Å². The molecule has 0 aromatic heterocycles. The molecule has 1 nitrogen and oxygen atoms in total. The van der Waals surface area contributed by atoms with E-state index < -0.39 is 0 Å². The molecule has 0 radical (unpaired) electrons. The van der Waals surface area contributed by atoms with Gasteiger partial charge in [-0.15, -0.1) is 0 Å². The first-order valence-electron chi connectivity index (χ1n) is 6.98. The molecule has 1 rings (SSSR count). The molecule has 0 aliphatic carbocycles. The molecule has 0 saturated carbocycles. The van der Waals surface area contributed by atoms with Crippen molar-refractivity contribution in [1.29, 1.82) is 0 Å². The zero-order valence-corrected chi connectivity index (χ0v) is 11.0. The third-order valence-corrected chi connectivity index (χ3v) is 4.20. The molecular formula is C14H29N. The molecule has 0 N–H and O–H groups in total. The van der Waals surface area contributed by atoms with Gasteiger partial charge >= 0.3 is 0 Å². The van der Waals surface area contributed by atoms with Crippen molar-refractivity contribution >= 4 is 0 Å². The monoisotopic (exact) mass is 211 g/mol. The second-order valence-electron chi connectivity index (χ2n) is 5.36. The number of piperidine rings is 1. The number of unbranched alkanes of at least 4 members (excludes halogenated alkanes) is 2. The normalized spacial score (nSPS) is 22.6. The zero-order chi connectivity index (χ0) is 11.1. The highest BCUT2D eigenvalue weighted by Gasteiger charge is 2.29. The van der Waals surface area contributed by atoms with Crippen molar-refractivity contribution in [2.75, 3.05) is 13.1 Å². The molecule has 1 saturated heterocycles. The van der Waals surface area contributed by atoms with Crippen molar-refractivity contribution in [3.05, 3.63) is 0 Å². The molecule has 90 valence electrons. The van der Waals surface area contributed by atoms with E-state index in [0.717, 1.165) is 0 Å². The quantitative estimate of drug-likeness (QED) is 0.595. The molecule has 0 aromatic carbocycles. The van der Waals surface area contributed by atoms with Crippen LogP contribution in [-0.4, -0.2) is 23.5 Å². The number of hydrogen-bond acceptors (Lipinski definition) is 1. The van der Waals surface area contributed by atoms with E-state index in [1.165, 1.54) is 64.5 Å². The molecule has 0 bridgehead atoms.